The van der Waals surface area contributed by atoms with Crippen LogP contribution < -0.4 is 5.32 Å². The standard InChI is InChI=1S/C15H13ClN2O/c16-14-3-1-2-12(15(14)19)10-18-13-6-4-11(5-7-13)8-9-17/h1-7,18-19H,8,10H2. The van der Waals surface area contributed by atoms with E-state index in [-0.39, 0.29) is 5.75 Å². The molecule has 0 atom stereocenters. The zero-order chi connectivity index (χ0) is 13.7. The quantitative estimate of drug-likeness (QED) is 0.892. The summed E-state index contributed by atoms with van der Waals surface area (Å²) in [5.41, 5.74) is 2.66. The highest BCUT2D eigenvalue weighted by atomic mass is 35.5. The van der Waals surface area contributed by atoms with E-state index < -0.39 is 0 Å². The van der Waals surface area contributed by atoms with Gasteiger partial charge in [0, 0.05) is 17.8 Å². The Morgan fingerprint density at radius 2 is 1.89 bits per heavy atom. The van der Waals surface area contributed by atoms with Gasteiger partial charge in [-0.2, -0.15) is 5.26 Å². The Balaban J connectivity index is 2.02. The van der Waals surface area contributed by atoms with E-state index in [2.05, 4.69) is 11.4 Å². The topological polar surface area (TPSA) is 56.0 Å². The molecule has 0 saturated heterocycles. The number of nitrogens with zero attached hydrogens (tertiary/aromatic N) is 1. The summed E-state index contributed by atoms with van der Waals surface area (Å²) in [4.78, 5) is 0. The van der Waals surface area contributed by atoms with Gasteiger partial charge in [-0.15, -0.1) is 0 Å². The van der Waals surface area contributed by atoms with E-state index in [1.165, 1.54) is 0 Å². The Morgan fingerprint density at radius 3 is 2.58 bits per heavy atom. The van der Waals surface area contributed by atoms with Crippen LogP contribution in [0.5, 0.6) is 5.75 Å². The molecule has 0 unspecified atom stereocenters. The second-order valence-corrected chi connectivity index (χ2v) is 4.54. The first-order valence-corrected chi connectivity index (χ1v) is 6.24. The number of nitriles is 1. The van der Waals surface area contributed by atoms with E-state index in [9.17, 15) is 5.11 Å². The number of aromatic hydroxyl groups is 1. The highest BCUT2D eigenvalue weighted by molar-refractivity contribution is 6.32. The molecule has 0 amide bonds. The second kappa shape index (κ2) is 6.12. The molecule has 0 aromatic heterocycles. The molecule has 19 heavy (non-hydrogen) atoms. The fraction of sp³-hybridized carbons (Fsp3) is 0.133. The van der Waals surface area contributed by atoms with E-state index in [0.29, 0.717) is 18.0 Å². The number of phenolic OH excluding ortho intramolecular Hbond substituents is 1. The van der Waals surface area contributed by atoms with Gasteiger partial charge in [-0.05, 0) is 23.8 Å². The van der Waals surface area contributed by atoms with Crippen molar-refractivity contribution in [2.24, 2.45) is 0 Å². The van der Waals surface area contributed by atoms with Crippen molar-refractivity contribution in [2.45, 2.75) is 13.0 Å². The normalized spacial score (nSPS) is 9.89. The Labute approximate surface area is 117 Å². The lowest BCUT2D eigenvalue weighted by atomic mass is 10.1. The maximum absolute atomic E-state index is 9.78. The molecule has 0 heterocycles. The van der Waals surface area contributed by atoms with Crippen LogP contribution in [0.4, 0.5) is 5.69 Å². The highest BCUT2D eigenvalue weighted by Crippen LogP contribution is 2.27. The van der Waals surface area contributed by atoms with Crippen LogP contribution in [-0.4, -0.2) is 5.11 Å². The van der Waals surface area contributed by atoms with Gasteiger partial charge in [0.2, 0.25) is 0 Å². The second-order valence-electron chi connectivity index (χ2n) is 4.13. The molecule has 3 nitrogen and oxygen atoms in total. The summed E-state index contributed by atoms with van der Waals surface area (Å²) < 4.78 is 0. The van der Waals surface area contributed by atoms with Crippen LogP contribution >= 0.6 is 11.6 Å². The van der Waals surface area contributed by atoms with Gasteiger partial charge in [0.1, 0.15) is 5.75 Å². The van der Waals surface area contributed by atoms with Crippen molar-refractivity contribution in [1.82, 2.24) is 0 Å². The van der Waals surface area contributed by atoms with Crippen molar-refractivity contribution >= 4 is 17.3 Å². The first-order valence-electron chi connectivity index (χ1n) is 5.87. The number of nitrogens with one attached hydrogen (secondary N) is 1. The van der Waals surface area contributed by atoms with Crippen molar-refractivity contribution in [3.63, 3.8) is 0 Å². The lowest BCUT2D eigenvalue weighted by Crippen LogP contribution is -1.99. The van der Waals surface area contributed by atoms with Gasteiger partial charge in [-0.1, -0.05) is 35.9 Å². The summed E-state index contributed by atoms with van der Waals surface area (Å²) in [5, 5.41) is 21.9. The molecule has 2 N–H and O–H groups in total. The van der Waals surface area contributed by atoms with Crippen LogP contribution in [0.3, 0.4) is 0 Å². The summed E-state index contributed by atoms with van der Waals surface area (Å²) in [5.74, 6) is 0.109. The van der Waals surface area contributed by atoms with Crippen molar-refractivity contribution in [3.8, 4) is 11.8 Å². The average Bonchev–Trinajstić information content (AvgIpc) is 2.42. The smallest absolute Gasteiger partial charge is 0.139 e. The third-order valence-electron chi connectivity index (χ3n) is 2.79. The van der Waals surface area contributed by atoms with Crippen molar-refractivity contribution in [1.29, 1.82) is 5.26 Å². The fourth-order valence-electron chi connectivity index (χ4n) is 1.73. The monoisotopic (exact) mass is 272 g/mol. The number of benzene rings is 2. The number of hydrogen-bond acceptors (Lipinski definition) is 3. The molecule has 0 bridgehead atoms. The number of rotatable bonds is 4. The van der Waals surface area contributed by atoms with E-state index in [0.717, 1.165) is 16.8 Å². The molecular formula is C15H13ClN2O. The lowest BCUT2D eigenvalue weighted by molar-refractivity contribution is 0.469. The summed E-state index contributed by atoms with van der Waals surface area (Å²) in [6.45, 7) is 0.490. The van der Waals surface area contributed by atoms with Gasteiger partial charge in [0.05, 0.1) is 17.5 Å². The molecule has 2 aromatic rings. The van der Waals surface area contributed by atoms with E-state index in [1.807, 2.05) is 30.3 Å². The summed E-state index contributed by atoms with van der Waals surface area (Å²) in [6.07, 6.45) is 0.412. The van der Waals surface area contributed by atoms with Gasteiger partial charge in [-0.3, -0.25) is 0 Å². The fourth-order valence-corrected chi connectivity index (χ4v) is 1.93. The van der Waals surface area contributed by atoms with Crippen LogP contribution in [0.1, 0.15) is 11.1 Å². The minimum absolute atomic E-state index is 0.109. The maximum Gasteiger partial charge on any atom is 0.139 e. The Kier molecular flexibility index (Phi) is 4.27. The number of anilines is 1. The molecule has 2 aromatic carbocycles. The largest absolute Gasteiger partial charge is 0.506 e. The Morgan fingerprint density at radius 1 is 1.16 bits per heavy atom. The molecule has 0 radical (unpaired) electrons. The van der Waals surface area contributed by atoms with Crippen LogP contribution in [0.2, 0.25) is 5.02 Å². The Hall–Kier alpha value is -2.18. The third kappa shape index (κ3) is 3.40. The molecule has 0 spiro atoms. The zero-order valence-corrected chi connectivity index (χ0v) is 11.0. The highest BCUT2D eigenvalue weighted by Gasteiger charge is 2.04. The number of halogens is 1. The van der Waals surface area contributed by atoms with Gasteiger partial charge >= 0.3 is 0 Å². The predicted octanol–water partition coefficient (Wildman–Crippen LogP) is 3.72. The van der Waals surface area contributed by atoms with Crippen molar-refractivity contribution in [3.05, 3.63) is 58.6 Å². The minimum atomic E-state index is 0.109. The van der Waals surface area contributed by atoms with Crippen molar-refractivity contribution < 1.29 is 5.11 Å². The van der Waals surface area contributed by atoms with Crippen LogP contribution in [0, 0.1) is 11.3 Å². The first-order chi connectivity index (χ1) is 9.20. The Bertz CT molecular complexity index is 603. The molecule has 4 heteroatoms. The molecule has 0 saturated carbocycles. The lowest BCUT2D eigenvalue weighted by Gasteiger charge is -2.09. The van der Waals surface area contributed by atoms with Gasteiger partial charge in [0.15, 0.2) is 0 Å². The zero-order valence-electron chi connectivity index (χ0n) is 10.2. The van der Waals surface area contributed by atoms with Gasteiger partial charge in [0.25, 0.3) is 0 Å². The summed E-state index contributed by atoms with van der Waals surface area (Å²) >= 11 is 5.84. The number of phenols is 1. The van der Waals surface area contributed by atoms with E-state index in [4.69, 9.17) is 16.9 Å². The molecule has 0 aliphatic rings. The predicted molar refractivity (Wildman–Crippen MR) is 76.2 cm³/mol. The van der Waals surface area contributed by atoms with Crippen LogP contribution in [-0.2, 0) is 13.0 Å². The van der Waals surface area contributed by atoms with E-state index >= 15 is 0 Å². The minimum Gasteiger partial charge on any atom is -0.506 e. The number of para-hydroxylation sites is 1. The molecule has 0 aliphatic heterocycles. The molecular weight excluding hydrogens is 260 g/mol. The average molecular weight is 273 g/mol. The van der Waals surface area contributed by atoms with Gasteiger partial charge in [-0.25, -0.2) is 0 Å². The number of hydrogen-bond donors (Lipinski definition) is 2. The van der Waals surface area contributed by atoms with Crippen molar-refractivity contribution in [2.75, 3.05) is 5.32 Å². The molecule has 0 fully saturated rings. The summed E-state index contributed by atoms with van der Waals surface area (Å²) in [7, 11) is 0. The van der Waals surface area contributed by atoms with E-state index in [1.54, 1.807) is 12.1 Å². The summed E-state index contributed by atoms with van der Waals surface area (Å²) in [6, 6.07) is 15.0. The first kappa shape index (κ1) is 13.3. The van der Waals surface area contributed by atoms with Crippen LogP contribution in [0.15, 0.2) is 42.5 Å². The van der Waals surface area contributed by atoms with Crippen LogP contribution in [0.25, 0.3) is 0 Å². The molecule has 0 aliphatic carbocycles. The molecule has 2 rings (SSSR count). The molecule has 96 valence electrons. The third-order valence-corrected chi connectivity index (χ3v) is 3.10. The maximum atomic E-state index is 9.78. The van der Waals surface area contributed by atoms with Gasteiger partial charge < -0.3 is 10.4 Å². The SMILES string of the molecule is N#CCc1ccc(NCc2cccc(Cl)c2O)cc1.